The van der Waals surface area contributed by atoms with E-state index in [0.717, 1.165) is 32.7 Å². The molecule has 1 N–H and O–H groups in total. The van der Waals surface area contributed by atoms with Crippen LogP contribution in [0.1, 0.15) is 18.5 Å². The van der Waals surface area contributed by atoms with Crippen molar-refractivity contribution in [1.29, 1.82) is 0 Å². The minimum Gasteiger partial charge on any atom is -0.330 e. The SMILES string of the molecule is C[C@H](C(=O)N1CC[NH+](Cc2ccccc2)CC1)n1ncc(=O)c2ccccc21. The van der Waals surface area contributed by atoms with Gasteiger partial charge in [-0.1, -0.05) is 42.5 Å². The number of piperazine rings is 1. The first kappa shape index (κ1) is 18.4. The summed E-state index contributed by atoms with van der Waals surface area (Å²) in [7, 11) is 0. The number of para-hydroxylation sites is 1. The van der Waals surface area contributed by atoms with E-state index < -0.39 is 6.04 Å². The number of amides is 1. The summed E-state index contributed by atoms with van der Waals surface area (Å²) in [5, 5.41) is 4.84. The first-order chi connectivity index (χ1) is 13.6. The first-order valence-electron chi connectivity index (χ1n) is 9.76. The topological polar surface area (TPSA) is 59.6 Å². The summed E-state index contributed by atoms with van der Waals surface area (Å²) < 4.78 is 1.67. The molecule has 1 aromatic heterocycles. The lowest BCUT2D eigenvalue weighted by molar-refractivity contribution is -0.917. The molecule has 1 aliphatic heterocycles. The lowest BCUT2D eigenvalue weighted by Crippen LogP contribution is -3.13. The summed E-state index contributed by atoms with van der Waals surface area (Å²) in [6.07, 6.45) is 1.30. The molecule has 0 bridgehead atoms. The second-order valence-electron chi connectivity index (χ2n) is 7.38. The molecule has 6 nitrogen and oxygen atoms in total. The van der Waals surface area contributed by atoms with Gasteiger partial charge in [0.15, 0.2) is 0 Å². The zero-order valence-corrected chi connectivity index (χ0v) is 16.0. The number of hydrogen-bond donors (Lipinski definition) is 1. The number of quaternary nitrogens is 1. The fourth-order valence-electron chi connectivity index (χ4n) is 3.91. The van der Waals surface area contributed by atoms with Gasteiger partial charge in [-0.05, 0) is 19.1 Å². The van der Waals surface area contributed by atoms with Gasteiger partial charge in [0.25, 0.3) is 0 Å². The standard InChI is InChI=1S/C22H24N4O2/c1-17(26-20-10-6-5-9-19(20)21(27)15-23-26)22(28)25-13-11-24(12-14-25)16-18-7-3-2-4-8-18/h2-10,15,17H,11-14,16H2,1H3/p+1/t17-/m1/s1. The highest BCUT2D eigenvalue weighted by atomic mass is 16.2. The monoisotopic (exact) mass is 377 g/mol. The molecule has 144 valence electrons. The van der Waals surface area contributed by atoms with Gasteiger partial charge < -0.3 is 9.80 Å². The van der Waals surface area contributed by atoms with Crippen molar-refractivity contribution in [3.8, 4) is 0 Å². The molecule has 6 heteroatoms. The molecule has 1 aliphatic rings. The molecule has 2 aromatic carbocycles. The summed E-state index contributed by atoms with van der Waals surface area (Å²) in [6.45, 7) is 6.20. The number of rotatable bonds is 4. The zero-order chi connectivity index (χ0) is 19.5. The highest BCUT2D eigenvalue weighted by Crippen LogP contribution is 2.16. The van der Waals surface area contributed by atoms with Crippen LogP contribution < -0.4 is 10.3 Å². The molecular weight excluding hydrogens is 352 g/mol. The molecule has 1 fully saturated rings. The normalized spacial score (nSPS) is 16.2. The fourth-order valence-corrected chi connectivity index (χ4v) is 3.91. The average Bonchev–Trinajstić information content (AvgIpc) is 2.74. The second-order valence-corrected chi connectivity index (χ2v) is 7.38. The highest BCUT2D eigenvalue weighted by molar-refractivity contribution is 5.84. The van der Waals surface area contributed by atoms with Crippen LogP contribution in [0.2, 0.25) is 0 Å². The Morgan fingerprint density at radius 3 is 2.50 bits per heavy atom. The van der Waals surface area contributed by atoms with Crippen LogP contribution in [0.5, 0.6) is 0 Å². The zero-order valence-electron chi connectivity index (χ0n) is 16.0. The first-order valence-corrected chi connectivity index (χ1v) is 9.76. The van der Waals surface area contributed by atoms with Crippen molar-refractivity contribution in [2.75, 3.05) is 26.2 Å². The second kappa shape index (κ2) is 7.94. The minimum atomic E-state index is -0.443. The van der Waals surface area contributed by atoms with Crippen LogP contribution in [0.3, 0.4) is 0 Å². The smallest absolute Gasteiger partial charge is 0.247 e. The number of benzene rings is 2. The summed E-state index contributed by atoms with van der Waals surface area (Å²) in [6, 6.07) is 17.3. The lowest BCUT2D eigenvalue weighted by atomic mass is 10.1. The van der Waals surface area contributed by atoms with Crippen LogP contribution in [-0.2, 0) is 11.3 Å². The average molecular weight is 377 g/mol. The van der Waals surface area contributed by atoms with E-state index >= 15 is 0 Å². The van der Waals surface area contributed by atoms with Crippen LogP contribution in [0.25, 0.3) is 10.9 Å². The van der Waals surface area contributed by atoms with E-state index in [0.29, 0.717) is 10.9 Å². The van der Waals surface area contributed by atoms with Gasteiger partial charge in [0.1, 0.15) is 12.6 Å². The maximum absolute atomic E-state index is 13.1. The number of carbonyl (C=O) groups excluding carboxylic acids is 1. The van der Waals surface area contributed by atoms with Gasteiger partial charge >= 0.3 is 0 Å². The summed E-state index contributed by atoms with van der Waals surface area (Å²) in [4.78, 5) is 28.5. The van der Waals surface area contributed by atoms with E-state index in [2.05, 4.69) is 29.4 Å². The van der Waals surface area contributed by atoms with E-state index in [1.165, 1.54) is 16.7 Å². The number of nitrogens with one attached hydrogen (secondary N) is 1. The van der Waals surface area contributed by atoms with Gasteiger partial charge in [-0.3, -0.25) is 14.3 Å². The van der Waals surface area contributed by atoms with Crippen molar-refractivity contribution in [3.63, 3.8) is 0 Å². The number of hydrogen-bond acceptors (Lipinski definition) is 3. The van der Waals surface area contributed by atoms with Crippen molar-refractivity contribution in [2.24, 2.45) is 0 Å². The Labute approximate surface area is 164 Å². The van der Waals surface area contributed by atoms with Crippen LogP contribution in [0.15, 0.2) is 65.6 Å². The predicted molar refractivity (Wildman–Crippen MR) is 108 cm³/mol. The number of aromatic nitrogens is 2. The van der Waals surface area contributed by atoms with Gasteiger partial charge in [-0.2, -0.15) is 5.10 Å². The third-order valence-electron chi connectivity index (χ3n) is 5.52. The molecule has 0 spiro atoms. The maximum Gasteiger partial charge on any atom is 0.247 e. The Bertz CT molecular complexity index is 1020. The van der Waals surface area contributed by atoms with Gasteiger partial charge in [0.05, 0.1) is 37.9 Å². The molecule has 28 heavy (non-hydrogen) atoms. The molecule has 0 aliphatic carbocycles. The van der Waals surface area contributed by atoms with Gasteiger partial charge in [-0.15, -0.1) is 0 Å². The van der Waals surface area contributed by atoms with Crippen molar-refractivity contribution >= 4 is 16.8 Å². The molecule has 3 aromatic rings. The molecular formula is C22H25N4O2+. The summed E-state index contributed by atoms with van der Waals surface area (Å²) in [5.41, 5.74) is 1.91. The molecule has 1 amide bonds. The predicted octanol–water partition coefficient (Wildman–Crippen LogP) is 0.885. The third kappa shape index (κ3) is 3.68. The molecule has 0 radical (unpaired) electrons. The molecule has 0 unspecified atom stereocenters. The highest BCUT2D eigenvalue weighted by Gasteiger charge is 2.28. The van der Waals surface area contributed by atoms with Crippen molar-refractivity contribution in [2.45, 2.75) is 19.5 Å². The van der Waals surface area contributed by atoms with Gasteiger partial charge in [0, 0.05) is 10.9 Å². The van der Waals surface area contributed by atoms with Crippen molar-refractivity contribution in [3.05, 3.63) is 76.6 Å². The Hall–Kier alpha value is -2.99. The Morgan fingerprint density at radius 1 is 1.07 bits per heavy atom. The van der Waals surface area contributed by atoms with E-state index in [1.807, 2.05) is 36.1 Å². The third-order valence-corrected chi connectivity index (χ3v) is 5.52. The molecule has 2 heterocycles. The summed E-state index contributed by atoms with van der Waals surface area (Å²) >= 11 is 0. The van der Waals surface area contributed by atoms with Crippen LogP contribution >= 0.6 is 0 Å². The fraction of sp³-hybridized carbons (Fsp3) is 0.318. The largest absolute Gasteiger partial charge is 0.330 e. The van der Waals surface area contributed by atoms with Crippen molar-refractivity contribution in [1.82, 2.24) is 14.7 Å². The molecule has 1 saturated heterocycles. The Balaban J connectivity index is 1.44. The van der Waals surface area contributed by atoms with E-state index in [-0.39, 0.29) is 11.3 Å². The summed E-state index contributed by atoms with van der Waals surface area (Å²) in [5.74, 6) is 0.0556. The van der Waals surface area contributed by atoms with Gasteiger partial charge in [0.2, 0.25) is 11.3 Å². The van der Waals surface area contributed by atoms with Crippen LogP contribution in [0.4, 0.5) is 0 Å². The quantitative estimate of drug-likeness (QED) is 0.735. The number of carbonyl (C=O) groups is 1. The maximum atomic E-state index is 13.1. The lowest BCUT2D eigenvalue weighted by Gasteiger charge is -2.34. The molecule has 4 rings (SSSR count). The van der Waals surface area contributed by atoms with Crippen molar-refractivity contribution < 1.29 is 9.69 Å². The van der Waals surface area contributed by atoms with Crippen LogP contribution in [-0.4, -0.2) is 46.8 Å². The molecule has 0 saturated carbocycles. The molecule has 1 atom stereocenters. The number of fused-ring (bicyclic) bond motifs is 1. The van der Waals surface area contributed by atoms with Crippen LogP contribution in [0, 0.1) is 0 Å². The number of nitrogens with zero attached hydrogens (tertiary/aromatic N) is 3. The van der Waals surface area contributed by atoms with E-state index in [1.54, 1.807) is 10.7 Å². The minimum absolute atomic E-state index is 0.0556. The Morgan fingerprint density at radius 2 is 1.75 bits per heavy atom. The Kier molecular flexibility index (Phi) is 5.21. The van der Waals surface area contributed by atoms with E-state index in [4.69, 9.17) is 0 Å². The van der Waals surface area contributed by atoms with E-state index in [9.17, 15) is 9.59 Å². The van der Waals surface area contributed by atoms with Gasteiger partial charge in [-0.25, -0.2) is 0 Å².